The molecule has 0 aromatic carbocycles. The van der Waals surface area contributed by atoms with Crippen molar-refractivity contribution in [2.75, 3.05) is 19.8 Å². The van der Waals surface area contributed by atoms with E-state index in [0.717, 1.165) is 38.5 Å². The Balaban J connectivity index is 1.04. The van der Waals surface area contributed by atoms with Gasteiger partial charge in [0.25, 0.3) is 0 Å². The lowest BCUT2D eigenvalue weighted by atomic mass is 9.35. The van der Waals surface area contributed by atoms with Crippen LogP contribution in [0.4, 0.5) is 0 Å². The second-order valence-electron chi connectivity index (χ2n) is 23.3. The zero-order valence-electron chi connectivity index (χ0n) is 39.3. The van der Waals surface area contributed by atoms with Gasteiger partial charge in [0, 0.05) is 10.8 Å². The summed E-state index contributed by atoms with van der Waals surface area (Å²) in [6, 6.07) is 0. The summed E-state index contributed by atoms with van der Waals surface area (Å²) in [6.45, 7) is 16.2. The highest BCUT2D eigenvalue weighted by Gasteiger charge is 2.68. The first-order chi connectivity index (χ1) is 30.3. The Labute approximate surface area is 382 Å². The van der Waals surface area contributed by atoms with Crippen LogP contribution < -0.4 is 0 Å². The van der Waals surface area contributed by atoms with Crippen molar-refractivity contribution in [1.29, 1.82) is 0 Å². The Morgan fingerprint density at radius 2 is 1.29 bits per heavy atom. The molecule has 372 valence electrons. The SMILES string of the molecule is C[C@@H]1O[C@@H](O[C@H]2[C@H](O)[C@@H](O)[C@H](O[C@H]3CC[C@@]4(C)C(CC[C@]5(C)C4C=CC4=C6CC(C)(C)CCC6(CO)[C@H](O)C[C@]45C)C3(C)C)O[C@@H]2CO[C@@H]2O[C@H](CO)[C@@H](O)[C@H](O)[C@H]2O)[C@H](O)[C@H](O)[C@H]1O. The Kier molecular flexibility index (Phi) is 13.6. The number of hydrogen-bond donors (Lipinski definition) is 11. The lowest BCUT2D eigenvalue weighted by Gasteiger charge is -2.70. The van der Waals surface area contributed by atoms with Crippen molar-refractivity contribution < 1.29 is 84.6 Å². The average Bonchev–Trinajstić information content (AvgIpc) is 3.24. The normalized spacial score (nSPS) is 54.0. The minimum atomic E-state index is -1.76. The molecule has 17 nitrogen and oxygen atoms in total. The van der Waals surface area contributed by atoms with E-state index >= 15 is 0 Å². The fourth-order valence-electron chi connectivity index (χ4n) is 14.4. The van der Waals surface area contributed by atoms with Crippen LogP contribution in [0.3, 0.4) is 0 Å². The summed E-state index contributed by atoms with van der Waals surface area (Å²) in [7, 11) is 0. The van der Waals surface area contributed by atoms with E-state index in [1.165, 1.54) is 18.1 Å². The van der Waals surface area contributed by atoms with Gasteiger partial charge in [-0.2, -0.15) is 0 Å². The molecular weight excluding hydrogens is 849 g/mol. The lowest BCUT2D eigenvalue weighted by Crippen LogP contribution is -2.66. The van der Waals surface area contributed by atoms with Crippen molar-refractivity contribution in [3.05, 3.63) is 23.3 Å². The molecule has 65 heavy (non-hydrogen) atoms. The highest BCUT2D eigenvalue weighted by Crippen LogP contribution is 2.74. The van der Waals surface area contributed by atoms with Crippen LogP contribution in [-0.4, -0.2) is 180 Å². The van der Waals surface area contributed by atoms with Crippen LogP contribution in [-0.2, 0) is 28.4 Å². The van der Waals surface area contributed by atoms with Gasteiger partial charge in [-0.1, -0.05) is 66.2 Å². The van der Waals surface area contributed by atoms with Gasteiger partial charge in [0.1, 0.15) is 67.1 Å². The summed E-state index contributed by atoms with van der Waals surface area (Å²) in [6.07, 6.45) is -13.2. The second-order valence-corrected chi connectivity index (χ2v) is 23.3. The first-order valence-corrected chi connectivity index (χ1v) is 24.0. The maximum absolute atomic E-state index is 12.1. The first kappa shape index (κ1) is 50.2. The van der Waals surface area contributed by atoms with Gasteiger partial charge in [0.2, 0.25) is 0 Å². The van der Waals surface area contributed by atoms with Crippen LogP contribution in [0.15, 0.2) is 23.3 Å². The number of aliphatic hydroxyl groups is 11. The van der Waals surface area contributed by atoms with E-state index in [1.807, 2.05) is 0 Å². The summed E-state index contributed by atoms with van der Waals surface area (Å²) in [4.78, 5) is 0. The van der Waals surface area contributed by atoms with Crippen molar-refractivity contribution in [2.45, 2.75) is 211 Å². The largest absolute Gasteiger partial charge is 0.395 e. The van der Waals surface area contributed by atoms with Crippen LogP contribution in [0.2, 0.25) is 0 Å². The van der Waals surface area contributed by atoms with E-state index in [2.05, 4.69) is 60.6 Å². The number of ether oxygens (including phenoxy) is 6. The molecule has 8 rings (SSSR count). The number of rotatable bonds is 9. The maximum atomic E-state index is 12.1. The fourth-order valence-corrected chi connectivity index (χ4v) is 14.4. The molecule has 3 saturated carbocycles. The molecule has 11 N–H and O–H groups in total. The molecule has 6 fully saturated rings. The third-order valence-corrected chi connectivity index (χ3v) is 18.8. The van der Waals surface area contributed by atoms with E-state index in [4.69, 9.17) is 28.4 Å². The quantitative estimate of drug-likeness (QED) is 0.141. The standard InChI is InChI=1S/C48H78O17/c1-22-31(52)33(54)37(58)41(61-22)65-39-26(20-60-40-36(57)34(55)32(53)25(19-49)62-40)63-42(38(59)35(39)56)64-30-12-13-45(6)27(44(30,4)5)11-14-46(7)28(45)10-9-23-24-17-43(2,3)15-16-48(24,21-50)29(51)18-47(23,46)8/h9-10,22,25-42,49-59H,11-21H2,1-8H3/t22-,25+,26+,27?,28?,29+,30-,31-,32+,33+,34-,35+,36+,37+,38+,39+,40+,41-,42-,45-,46+,47+,48?/m0/s1. The molecule has 5 aliphatic carbocycles. The van der Waals surface area contributed by atoms with Gasteiger partial charge < -0.3 is 84.6 Å². The highest BCUT2D eigenvalue weighted by molar-refractivity contribution is 5.47. The monoisotopic (exact) mass is 927 g/mol. The van der Waals surface area contributed by atoms with Crippen molar-refractivity contribution in [1.82, 2.24) is 0 Å². The molecule has 0 amide bonds. The van der Waals surface area contributed by atoms with Gasteiger partial charge in [0.05, 0.1) is 38.1 Å². The molecule has 3 aliphatic heterocycles. The van der Waals surface area contributed by atoms with Crippen LogP contribution in [0, 0.1) is 44.3 Å². The molecule has 3 saturated heterocycles. The topological polar surface area (TPSA) is 278 Å². The molecule has 3 unspecified atom stereocenters. The van der Waals surface area contributed by atoms with Gasteiger partial charge >= 0.3 is 0 Å². The van der Waals surface area contributed by atoms with Crippen molar-refractivity contribution in [3.8, 4) is 0 Å². The molecule has 0 radical (unpaired) electrons. The van der Waals surface area contributed by atoms with Crippen molar-refractivity contribution >= 4 is 0 Å². The molecule has 8 aliphatic rings. The average molecular weight is 927 g/mol. The smallest absolute Gasteiger partial charge is 0.187 e. The van der Waals surface area contributed by atoms with E-state index in [-0.39, 0.29) is 40.1 Å². The zero-order valence-corrected chi connectivity index (χ0v) is 39.3. The predicted molar refractivity (Wildman–Crippen MR) is 230 cm³/mol. The maximum Gasteiger partial charge on any atom is 0.187 e. The third kappa shape index (κ3) is 7.87. The van der Waals surface area contributed by atoms with Crippen LogP contribution in [0.1, 0.15) is 107 Å². The zero-order chi connectivity index (χ0) is 47.6. The Morgan fingerprint density at radius 1 is 0.662 bits per heavy atom. The minimum absolute atomic E-state index is 0.0621. The Hall–Kier alpha value is -1.20. The van der Waals surface area contributed by atoms with Gasteiger partial charge in [-0.05, 0) is 97.4 Å². The number of fused-ring (bicyclic) bond motifs is 6. The van der Waals surface area contributed by atoms with Gasteiger partial charge in [0.15, 0.2) is 18.9 Å². The Bertz CT molecular complexity index is 1790. The van der Waals surface area contributed by atoms with Crippen LogP contribution in [0.5, 0.6) is 0 Å². The summed E-state index contributed by atoms with van der Waals surface area (Å²) in [5, 5.41) is 119. The predicted octanol–water partition coefficient (Wildman–Crippen LogP) is 0.532. The number of allylic oxidation sites excluding steroid dienone is 3. The molecular formula is C48H78O17. The number of aliphatic hydroxyl groups excluding tert-OH is 11. The summed E-state index contributed by atoms with van der Waals surface area (Å²) < 4.78 is 36.2. The minimum Gasteiger partial charge on any atom is -0.395 e. The lowest BCUT2D eigenvalue weighted by molar-refractivity contribution is -0.373. The van der Waals surface area contributed by atoms with Crippen molar-refractivity contribution in [2.24, 2.45) is 44.3 Å². The molecule has 3 heterocycles. The summed E-state index contributed by atoms with van der Waals surface area (Å²) in [5.74, 6) is 0.308. The Morgan fingerprint density at radius 3 is 1.97 bits per heavy atom. The van der Waals surface area contributed by atoms with E-state index in [1.54, 1.807) is 0 Å². The van der Waals surface area contributed by atoms with Crippen LogP contribution in [0.25, 0.3) is 0 Å². The van der Waals surface area contributed by atoms with E-state index in [0.29, 0.717) is 12.8 Å². The third-order valence-electron chi connectivity index (χ3n) is 18.8. The molecule has 23 atom stereocenters. The fraction of sp³-hybridized carbons (Fsp3) is 0.917. The van der Waals surface area contributed by atoms with Gasteiger partial charge in [-0.15, -0.1) is 0 Å². The van der Waals surface area contributed by atoms with Gasteiger partial charge in [-0.3, -0.25) is 0 Å². The summed E-state index contributed by atoms with van der Waals surface area (Å²) >= 11 is 0. The summed E-state index contributed by atoms with van der Waals surface area (Å²) in [5.41, 5.74) is 0.777. The molecule has 0 aromatic rings. The second kappa shape index (κ2) is 17.6. The molecule has 0 aromatic heterocycles. The number of hydrogen-bond acceptors (Lipinski definition) is 17. The van der Waals surface area contributed by atoms with E-state index < -0.39 is 128 Å². The molecule has 0 bridgehead atoms. The molecule has 0 spiro atoms. The van der Waals surface area contributed by atoms with Gasteiger partial charge in [-0.25, -0.2) is 0 Å². The highest BCUT2D eigenvalue weighted by atomic mass is 16.8. The van der Waals surface area contributed by atoms with E-state index in [9.17, 15) is 56.2 Å². The first-order valence-electron chi connectivity index (χ1n) is 24.0. The van der Waals surface area contributed by atoms with Crippen LogP contribution >= 0.6 is 0 Å². The van der Waals surface area contributed by atoms with Crippen molar-refractivity contribution in [3.63, 3.8) is 0 Å². The molecule has 17 heteroatoms.